The van der Waals surface area contributed by atoms with Crippen molar-refractivity contribution in [1.29, 1.82) is 0 Å². The van der Waals surface area contributed by atoms with Gasteiger partial charge in [0.2, 0.25) is 10.0 Å². The summed E-state index contributed by atoms with van der Waals surface area (Å²) in [4.78, 5) is 10.6. The lowest BCUT2D eigenvalue weighted by Crippen LogP contribution is -2.28. The summed E-state index contributed by atoms with van der Waals surface area (Å²) in [5.41, 5.74) is 1.86. The average Bonchev–Trinajstić information content (AvgIpc) is 2.66. The SMILES string of the molecule is CCCCC(NS(=O)(=O)c1ccc(F)cc1)c1ccc(CCCC(=O)O)cc1. The van der Waals surface area contributed by atoms with Crippen LogP contribution in [0.5, 0.6) is 0 Å². The average molecular weight is 408 g/mol. The Morgan fingerprint density at radius 3 is 2.29 bits per heavy atom. The molecule has 28 heavy (non-hydrogen) atoms. The fourth-order valence-electron chi connectivity index (χ4n) is 2.93. The lowest BCUT2D eigenvalue weighted by atomic mass is 9.99. The smallest absolute Gasteiger partial charge is 0.303 e. The van der Waals surface area contributed by atoms with Crippen molar-refractivity contribution in [3.05, 3.63) is 65.5 Å². The van der Waals surface area contributed by atoms with Gasteiger partial charge in [0.05, 0.1) is 4.90 Å². The number of sulfonamides is 1. The summed E-state index contributed by atoms with van der Waals surface area (Å²) in [6.07, 6.45) is 3.78. The van der Waals surface area contributed by atoms with Gasteiger partial charge >= 0.3 is 5.97 Å². The first-order valence-corrected chi connectivity index (χ1v) is 10.9. The molecular weight excluding hydrogens is 381 g/mol. The Balaban J connectivity index is 2.14. The lowest BCUT2D eigenvalue weighted by molar-refractivity contribution is -0.137. The summed E-state index contributed by atoms with van der Waals surface area (Å²) in [6, 6.07) is 11.9. The molecule has 1 atom stereocenters. The van der Waals surface area contributed by atoms with Gasteiger partial charge in [-0.05, 0) is 54.7 Å². The van der Waals surface area contributed by atoms with Gasteiger partial charge in [0.25, 0.3) is 0 Å². The Labute approximate surface area is 165 Å². The maximum absolute atomic E-state index is 13.1. The fraction of sp³-hybridized carbons (Fsp3) is 0.381. The number of carboxylic acid groups (broad SMARTS) is 1. The summed E-state index contributed by atoms with van der Waals surface area (Å²) < 4.78 is 41.2. The highest BCUT2D eigenvalue weighted by atomic mass is 32.2. The van der Waals surface area contributed by atoms with Crippen molar-refractivity contribution in [2.75, 3.05) is 0 Å². The van der Waals surface area contributed by atoms with E-state index in [1.54, 1.807) is 0 Å². The van der Waals surface area contributed by atoms with Crippen LogP contribution >= 0.6 is 0 Å². The van der Waals surface area contributed by atoms with Crippen molar-refractivity contribution >= 4 is 16.0 Å². The zero-order valence-corrected chi connectivity index (χ0v) is 16.7. The number of carbonyl (C=O) groups is 1. The zero-order chi connectivity index (χ0) is 20.6. The summed E-state index contributed by atoms with van der Waals surface area (Å²) in [5, 5.41) is 8.72. The van der Waals surface area contributed by atoms with Gasteiger partial charge in [-0.2, -0.15) is 0 Å². The first kappa shape index (κ1) is 22.0. The van der Waals surface area contributed by atoms with E-state index in [0.717, 1.165) is 36.1 Å². The molecule has 0 spiro atoms. The van der Waals surface area contributed by atoms with Crippen LogP contribution in [0.25, 0.3) is 0 Å². The van der Waals surface area contributed by atoms with Crippen molar-refractivity contribution in [1.82, 2.24) is 4.72 Å². The normalized spacial score (nSPS) is 12.6. The minimum atomic E-state index is -3.77. The van der Waals surface area contributed by atoms with Gasteiger partial charge < -0.3 is 5.11 Å². The van der Waals surface area contributed by atoms with Crippen molar-refractivity contribution in [2.45, 2.75) is 56.4 Å². The first-order chi connectivity index (χ1) is 13.3. The molecule has 0 aromatic heterocycles. The molecule has 0 radical (unpaired) electrons. The second-order valence-electron chi connectivity index (χ2n) is 6.76. The fourth-order valence-corrected chi connectivity index (χ4v) is 4.19. The van der Waals surface area contributed by atoms with E-state index in [2.05, 4.69) is 4.72 Å². The summed E-state index contributed by atoms with van der Waals surface area (Å²) >= 11 is 0. The van der Waals surface area contributed by atoms with Crippen LogP contribution in [0.2, 0.25) is 0 Å². The highest BCUT2D eigenvalue weighted by molar-refractivity contribution is 7.89. The van der Waals surface area contributed by atoms with Gasteiger partial charge in [-0.3, -0.25) is 4.79 Å². The number of hydrogen-bond acceptors (Lipinski definition) is 3. The third-order valence-electron chi connectivity index (χ3n) is 4.51. The number of unbranched alkanes of at least 4 members (excludes halogenated alkanes) is 1. The molecule has 0 aliphatic rings. The number of rotatable bonds is 11. The lowest BCUT2D eigenvalue weighted by Gasteiger charge is -2.19. The minimum absolute atomic E-state index is 0.0284. The third-order valence-corrected chi connectivity index (χ3v) is 5.99. The first-order valence-electron chi connectivity index (χ1n) is 9.40. The number of nitrogens with one attached hydrogen (secondary N) is 1. The van der Waals surface area contributed by atoms with Gasteiger partial charge in [0, 0.05) is 12.5 Å². The van der Waals surface area contributed by atoms with E-state index in [-0.39, 0.29) is 17.4 Å². The quantitative estimate of drug-likeness (QED) is 0.577. The topological polar surface area (TPSA) is 83.5 Å². The Bertz CT molecular complexity index is 864. The molecule has 0 aliphatic carbocycles. The van der Waals surface area contributed by atoms with Crippen molar-refractivity contribution in [3.63, 3.8) is 0 Å². The Hall–Kier alpha value is -2.25. The van der Waals surface area contributed by atoms with E-state index in [0.29, 0.717) is 19.3 Å². The van der Waals surface area contributed by atoms with E-state index < -0.39 is 21.8 Å². The van der Waals surface area contributed by atoms with Crippen LogP contribution < -0.4 is 4.72 Å². The molecule has 152 valence electrons. The van der Waals surface area contributed by atoms with Gasteiger partial charge in [0.15, 0.2) is 0 Å². The molecule has 0 amide bonds. The summed E-state index contributed by atoms with van der Waals surface area (Å²) in [5.74, 6) is -1.30. The predicted molar refractivity (Wildman–Crippen MR) is 106 cm³/mol. The number of aryl methyl sites for hydroxylation is 1. The molecular formula is C21H26FNO4S. The highest BCUT2D eigenvalue weighted by Crippen LogP contribution is 2.23. The number of benzene rings is 2. The van der Waals surface area contributed by atoms with Crippen LogP contribution in [-0.2, 0) is 21.2 Å². The summed E-state index contributed by atoms with van der Waals surface area (Å²) in [7, 11) is -3.77. The number of halogens is 1. The molecule has 2 N–H and O–H groups in total. The maximum atomic E-state index is 13.1. The number of aliphatic carboxylic acids is 1. The zero-order valence-electron chi connectivity index (χ0n) is 15.9. The molecule has 0 saturated carbocycles. The molecule has 0 fully saturated rings. The molecule has 2 rings (SSSR count). The predicted octanol–water partition coefficient (Wildman–Crippen LogP) is 4.44. The maximum Gasteiger partial charge on any atom is 0.303 e. The van der Waals surface area contributed by atoms with Crippen LogP contribution in [0.15, 0.2) is 53.4 Å². The van der Waals surface area contributed by atoms with E-state index in [1.165, 1.54) is 12.1 Å². The molecule has 2 aromatic carbocycles. The van der Waals surface area contributed by atoms with E-state index in [1.807, 2.05) is 31.2 Å². The molecule has 0 bridgehead atoms. The van der Waals surface area contributed by atoms with Gasteiger partial charge in [0.1, 0.15) is 5.82 Å². The monoisotopic (exact) mass is 407 g/mol. The Morgan fingerprint density at radius 1 is 1.07 bits per heavy atom. The molecule has 0 saturated heterocycles. The van der Waals surface area contributed by atoms with Crippen molar-refractivity contribution in [2.24, 2.45) is 0 Å². The van der Waals surface area contributed by atoms with Crippen LogP contribution in [0.1, 0.15) is 56.2 Å². The Kier molecular flexibility index (Phi) is 8.14. The third kappa shape index (κ3) is 6.73. The molecule has 0 aliphatic heterocycles. The van der Waals surface area contributed by atoms with E-state index in [4.69, 9.17) is 5.11 Å². The standard InChI is InChI=1S/C21H26FNO4S/c1-2-3-6-20(23-28(26,27)19-14-12-18(22)13-15-19)17-10-8-16(9-11-17)5-4-7-21(24)25/h8-15,20,23H,2-7H2,1H3,(H,24,25). The molecule has 2 aromatic rings. The van der Waals surface area contributed by atoms with Crippen LogP contribution in [0, 0.1) is 5.82 Å². The van der Waals surface area contributed by atoms with Gasteiger partial charge in [-0.1, -0.05) is 44.0 Å². The summed E-state index contributed by atoms with van der Waals surface area (Å²) in [6.45, 7) is 2.04. The molecule has 0 heterocycles. The van der Waals surface area contributed by atoms with Gasteiger partial charge in [-0.25, -0.2) is 17.5 Å². The second kappa shape index (κ2) is 10.3. The van der Waals surface area contributed by atoms with Crippen LogP contribution in [0.3, 0.4) is 0 Å². The van der Waals surface area contributed by atoms with E-state index >= 15 is 0 Å². The van der Waals surface area contributed by atoms with Crippen LogP contribution in [-0.4, -0.2) is 19.5 Å². The van der Waals surface area contributed by atoms with E-state index in [9.17, 15) is 17.6 Å². The minimum Gasteiger partial charge on any atom is -0.481 e. The highest BCUT2D eigenvalue weighted by Gasteiger charge is 2.21. The number of carboxylic acids is 1. The van der Waals surface area contributed by atoms with Gasteiger partial charge in [-0.15, -0.1) is 0 Å². The molecule has 7 heteroatoms. The van der Waals surface area contributed by atoms with Crippen molar-refractivity contribution < 1.29 is 22.7 Å². The Morgan fingerprint density at radius 2 is 1.71 bits per heavy atom. The molecule has 5 nitrogen and oxygen atoms in total. The number of hydrogen-bond donors (Lipinski definition) is 2. The molecule has 1 unspecified atom stereocenters. The largest absolute Gasteiger partial charge is 0.481 e. The van der Waals surface area contributed by atoms with Crippen LogP contribution in [0.4, 0.5) is 4.39 Å². The van der Waals surface area contributed by atoms with Crippen molar-refractivity contribution in [3.8, 4) is 0 Å². The second-order valence-corrected chi connectivity index (χ2v) is 8.47.